The summed E-state index contributed by atoms with van der Waals surface area (Å²) >= 11 is 0. The van der Waals surface area contributed by atoms with E-state index in [1.54, 1.807) is 0 Å². The third kappa shape index (κ3) is 2.45. The van der Waals surface area contributed by atoms with Crippen molar-refractivity contribution in [3.05, 3.63) is 39.7 Å². The maximum Gasteiger partial charge on any atom is 0.418 e. The summed E-state index contributed by atoms with van der Waals surface area (Å²) in [4.78, 5) is 9.08. The molecular formula is C8H5F4NO3. The number of rotatable bonds is 2. The van der Waals surface area contributed by atoms with Gasteiger partial charge in [-0.2, -0.15) is 17.6 Å². The predicted molar refractivity (Wildman–Crippen MR) is 44.1 cm³/mol. The number of nitro groups is 1. The van der Waals surface area contributed by atoms with Gasteiger partial charge in [-0.05, 0) is 11.6 Å². The number of halogens is 4. The zero-order chi connectivity index (χ0) is 12.5. The zero-order valence-corrected chi connectivity index (χ0v) is 7.53. The summed E-state index contributed by atoms with van der Waals surface area (Å²) in [5, 5.41) is 19.0. The van der Waals surface area contributed by atoms with Gasteiger partial charge in [-0.25, -0.2) is 0 Å². The van der Waals surface area contributed by atoms with E-state index in [1.165, 1.54) is 0 Å². The lowest BCUT2D eigenvalue weighted by Gasteiger charge is -2.14. The second-order valence-electron chi connectivity index (χ2n) is 2.91. The van der Waals surface area contributed by atoms with Gasteiger partial charge in [0.25, 0.3) is 0 Å². The van der Waals surface area contributed by atoms with E-state index in [9.17, 15) is 27.7 Å². The third-order valence-electron chi connectivity index (χ3n) is 1.79. The van der Waals surface area contributed by atoms with Crippen molar-refractivity contribution in [3.63, 3.8) is 0 Å². The molecule has 0 saturated carbocycles. The first-order valence-electron chi connectivity index (χ1n) is 3.92. The van der Waals surface area contributed by atoms with Crippen molar-refractivity contribution in [3.8, 4) is 0 Å². The molecule has 1 N–H and O–H groups in total. The fourth-order valence-electron chi connectivity index (χ4n) is 1.03. The largest absolute Gasteiger partial charge is 0.418 e. The first-order valence-corrected chi connectivity index (χ1v) is 3.92. The van der Waals surface area contributed by atoms with Gasteiger partial charge in [-0.15, -0.1) is 0 Å². The average molecular weight is 239 g/mol. The molecule has 0 aliphatic carbocycles. The first kappa shape index (κ1) is 12.4. The van der Waals surface area contributed by atoms with Crippen LogP contribution < -0.4 is 0 Å². The Bertz CT molecular complexity index is 418. The van der Waals surface area contributed by atoms with Gasteiger partial charge in [0.05, 0.1) is 4.92 Å². The standard InChI is InChI=1S/C8H5F4NO3/c9-5-2-1-4(3-6(5)13(15)16)7(14)8(10,11)12/h1-3,7,14H/t7-/m0/s1. The molecule has 0 aromatic heterocycles. The van der Waals surface area contributed by atoms with Crippen LogP contribution in [0.2, 0.25) is 0 Å². The molecule has 0 aliphatic rings. The third-order valence-corrected chi connectivity index (χ3v) is 1.79. The van der Waals surface area contributed by atoms with E-state index >= 15 is 0 Å². The zero-order valence-electron chi connectivity index (χ0n) is 7.53. The number of nitro benzene ring substituents is 1. The van der Waals surface area contributed by atoms with E-state index in [0.29, 0.717) is 18.2 Å². The molecule has 1 aromatic carbocycles. The molecule has 0 unspecified atom stereocenters. The molecular weight excluding hydrogens is 234 g/mol. The number of aliphatic hydroxyl groups is 1. The molecule has 1 aromatic rings. The van der Waals surface area contributed by atoms with Crippen LogP contribution in [0.1, 0.15) is 11.7 Å². The van der Waals surface area contributed by atoms with Gasteiger partial charge in [-0.3, -0.25) is 10.1 Å². The van der Waals surface area contributed by atoms with Gasteiger partial charge in [0.1, 0.15) is 0 Å². The van der Waals surface area contributed by atoms with Gasteiger partial charge in [-0.1, -0.05) is 6.07 Å². The predicted octanol–water partition coefficient (Wildman–Crippen LogP) is 2.33. The van der Waals surface area contributed by atoms with Crippen LogP contribution in [0.25, 0.3) is 0 Å². The lowest BCUT2D eigenvalue weighted by atomic mass is 10.1. The molecule has 0 heterocycles. The molecule has 0 saturated heterocycles. The lowest BCUT2D eigenvalue weighted by molar-refractivity contribution is -0.387. The normalized spacial score (nSPS) is 13.6. The minimum atomic E-state index is -4.95. The summed E-state index contributed by atoms with van der Waals surface area (Å²) in [6.45, 7) is 0. The highest BCUT2D eigenvalue weighted by molar-refractivity contribution is 5.37. The van der Waals surface area contributed by atoms with Crippen molar-refractivity contribution in [2.75, 3.05) is 0 Å². The van der Waals surface area contributed by atoms with Crippen molar-refractivity contribution in [2.24, 2.45) is 0 Å². The summed E-state index contributed by atoms with van der Waals surface area (Å²) in [6.07, 6.45) is -7.82. The fourth-order valence-corrected chi connectivity index (χ4v) is 1.03. The van der Waals surface area contributed by atoms with E-state index in [4.69, 9.17) is 5.11 Å². The van der Waals surface area contributed by atoms with E-state index in [2.05, 4.69) is 0 Å². The summed E-state index contributed by atoms with van der Waals surface area (Å²) < 4.78 is 48.9. The van der Waals surface area contributed by atoms with Gasteiger partial charge >= 0.3 is 11.9 Å². The van der Waals surface area contributed by atoms with Gasteiger partial charge in [0.2, 0.25) is 5.82 Å². The van der Waals surface area contributed by atoms with Gasteiger partial charge < -0.3 is 5.11 Å². The second kappa shape index (κ2) is 4.05. The van der Waals surface area contributed by atoms with Crippen molar-refractivity contribution in [2.45, 2.75) is 12.3 Å². The van der Waals surface area contributed by atoms with Crippen LogP contribution in [0.5, 0.6) is 0 Å². The van der Waals surface area contributed by atoms with Gasteiger partial charge in [0, 0.05) is 6.07 Å². The van der Waals surface area contributed by atoms with Crippen LogP contribution >= 0.6 is 0 Å². The monoisotopic (exact) mass is 239 g/mol. The second-order valence-corrected chi connectivity index (χ2v) is 2.91. The Kier molecular flexibility index (Phi) is 3.13. The number of aliphatic hydroxyl groups excluding tert-OH is 1. The van der Waals surface area contributed by atoms with Gasteiger partial charge in [0.15, 0.2) is 6.10 Å². The number of alkyl halides is 3. The maximum atomic E-state index is 12.8. The Balaban J connectivity index is 3.18. The maximum absolute atomic E-state index is 12.8. The van der Waals surface area contributed by atoms with E-state index in [0.717, 1.165) is 0 Å². The van der Waals surface area contributed by atoms with Crippen LogP contribution in [-0.2, 0) is 0 Å². The van der Waals surface area contributed by atoms with Crippen LogP contribution in [0.3, 0.4) is 0 Å². The molecule has 88 valence electrons. The van der Waals surface area contributed by atoms with E-state index < -0.39 is 34.3 Å². The molecule has 0 amide bonds. The van der Waals surface area contributed by atoms with E-state index in [1.807, 2.05) is 0 Å². The topological polar surface area (TPSA) is 63.4 Å². The molecule has 0 radical (unpaired) electrons. The highest BCUT2D eigenvalue weighted by Gasteiger charge is 2.40. The average Bonchev–Trinajstić information content (AvgIpc) is 2.15. The smallest absolute Gasteiger partial charge is 0.379 e. The molecule has 0 aliphatic heterocycles. The highest BCUT2D eigenvalue weighted by Crippen LogP contribution is 2.34. The lowest BCUT2D eigenvalue weighted by Crippen LogP contribution is -2.20. The summed E-state index contributed by atoms with van der Waals surface area (Å²) in [5.74, 6) is -1.26. The Hall–Kier alpha value is -1.70. The number of hydrogen-bond acceptors (Lipinski definition) is 3. The van der Waals surface area contributed by atoms with Crippen LogP contribution in [0.4, 0.5) is 23.2 Å². The van der Waals surface area contributed by atoms with E-state index in [-0.39, 0.29) is 0 Å². The molecule has 0 fully saturated rings. The summed E-state index contributed by atoms with van der Waals surface area (Å²) in [5.41, 5.74) is -1.89. The SMILES string of the molecule is O=[N+]([O-])c1cc([C@H](O)C(F)(F)F)ccc1F. The van der Waals surface area contributed by atoms with Crippen LogP contribution in [0.15, 0.2) is 18.2 Å². The molecule has 0 spiro atoms. The van der Waals surface area contributed by atoms with Crippen molar-refractivity contribution in [1.29, 1.82) is 0 Å². The Morgan fingerprint density at radius 2 is 1.94 bits per heavy atom. The molecule has 1 atom stereocenters. The Labute approximate surface area is 86.3 Å². The van der Waals surface area contributed by atoms with Crippen LogP contribution in [0, 0.1) is 15.9 Å². The first-order chi connectivity index (χ1) is 7.23. The van der Waals surface area contributed by atoms with Crippen molar-refractivity contribution >= 4 is 5.69 Å². The van der Waals surface area contributed by atoms with Crippen molar-refractivity contribution < 1.29 is 27.6 Å². The number of benzene rings is 1. The molecule has 1 rings (SSSR count). The number of hydrogen-bond donors (Lipinski definition) is 1. The molecule has 8 heteroatoms. The van der Waals surface area contributed by atoms with Crippen LogP contribution in [-0.4, -0.2) is 16.2 Å². The molecule has 4 nitrogen and oxygen atoms in total. The highest BCUT2D eigenvalue weighted by atomic mass is 19.4. The molecule has 0 bridgehead atoms. The Morgan fingerprint density at radius 1 is 1.38 bits per heavy atom. The molecule has 16 heavy (non-hydrogen) atoms. The number of nitrogens with zero attached hydrogens (tertiary/aromatic N) is 1. The fraction of sp³-hybridized carbons (Fsp3) is 0.250. The van der Waals surface area contributed by atoms with Crippen molar-refractivity contribution in [1.82, 2.24) is 0 Å². The minimum absolute atomic E-state index is 0.355. The summed E-state index contributed by atoms with van der Waals surface area (Å²) in [7, 11) is 0. The quantitative estimate of drug-likeness (QED) is 0.489. The summed E-state index contributed by atoms with van der Waals surface area (Å²) in [6, 6.07) is 1.50. The minimum Gasteiger partial charge on any atom is -0.379 e. The Morgan fingerprint density at radius 3 is 2.38 bits per heavy atom.